The Bertz CT molecular complexity index is 569. The number of hydrogen-bond acceptors (Lipinski definition) is 2. The zero-order valence-corrected chi connectivity index (χ0v) is 12.0. The molecule has 0 aliphatic heterocycles. The fourth-order valence-corrected chi connectivity index (χ4v) is 2.08. The number of halogens is 2. The van der Waals surface area contributed by atoms with E-state index in [-0.39, 0.29) is 17.6 Å². The predicted molar refractivity (Wildman–Crippen MR) is 79.5 cm³/mol. The van der Waals surface area contributed by atoms with E-state index in [4.69, 9.17) is 22.1 Å². The molecule has 1 atom stereocenters. The number of benzene rings is 2. The van der Waals surface area contributed by atoms with Gasteiger partial charge in [-0.15, -0.1) is 0 Å². The van der Waals surface area contributed by atoms with E-state index >= 15 is 0 Å². The molecule has 0 radical (unpaired) electrons. The van der Waals surface area contributed by atoms with Crippen LogP contribution >= 0.6 is 11.6 Å². The summed E-state index contributed by atoms with van der Waals surface area (Å²) in [5.74, 6) is -0.0862. The van der Waals surface area contributed by atoms with E-state index < -0.39 is 0 Å². The molecule has 2 rings (SSSR count). The maximum absolute atomic E-state index is 13.9. The van der Waals surface area contributed by atoms with Gasteiger partial charge in [0, 0.05) is 11.1 Å². The highest BCUT2D eigenvalue weighted by Gasteiger charge is 2.11. The standard InChI is InChI=1S/C16H17ClFNO/c1-11(19)9-13-3-2-4-15(18)16(13)20-10-12-5-7-14(17)8-6-12/h2-8,11H,9-10,19H2,1H3. The monoisotopic (exact) mass is 293 g/mol. The van der Waals surface area contributed by atoms with Crippen molar-refractivity contribution in [1.82, 2.24) is 0 Å². The average Bonchev–Trinajstić information content (AvgIpc) is 2.39. The minimum atomic E-state index is -0.364. The van der Waals surface area contributed by atoms with Gasteiger partial charge in [-0.25, -0.2) is 4.39 Å². The predicted octanol–water partition coefficient (Wildman–Crippen LogP) is 3.95. The summed E-state index contributed by atoms with van der Waals surface area (Å²) in [5.41, 5.74) is 7.50. The fourth-order valence-electron chi connectivity index (χ4n) is 1.96. The normalized spacial score (nSPS) is 12.2. The molecule has 0 amide bonds. The molecule has 0 aromatic heterocycles. The van der Waals surface area contributed by atoms with Crippen molar-refractivity contribution < 1.29 is 9.13 Å². The number of nitrogens with two attached hydrogens (primary N) is 1. The molecule has 2 aromatic carbocycles. The molecule has 0 saturated carbocycles. The van der Waals surface area contributed by atoms with Gasteiger partial charge in [-0.3, -0.25) is 0 Å². The molecule has 0 aliphatic rings. The van der Waals surface area contributed by atoms with Crippen LogP contribution in [0.25, 0.3) is 0 Å². The highest BCUT2D eigenvalue weighted by atomic mass is 35.5. The van der Waals surface area contributed by atoms with E-state index in [9.17, 15) is 4.39 Å². The molecule has 0 aliphatic carbocycles. The van der Waals surface area contributed by atoms with Crippen molar-refractivity contribution in [3.05, 3.63) is 64.4 Å². The molecule has 0 spiro atoms. The lowest BCUT2D eigenvalue weighted by molar-refractivity contribution is 0.286. The molecule has 20 heavy (non-hydrogen) atoms. The quantitative estimate of drug-likeness (QED) is 0.906. The summed E-state index contributed by atoms with van der Waals surface area (Å²) < 4.78 is 19.5. The Labute approximate surface area is 123 Å². The van der Waals surface area contributed by atoms with Gasteiger partial charge < -0.3 is 10.5 Å². The maximum atomic E-state index is 13.9. The molecule has 2 nitrogen and oxygen atoms in total. The summed E-state index contributed by atoms with van der Waals surface area (Å²) in [7, 11) is 0. The zero-order chi connectivity index (χ0) is 14.5. The number of para-hydroxylation sites is 1. The fraction of sp³-hybridized carbons (Fsp3) is 0.250. The molecule has 0 saturated heterocycles. The minimum absolute atomic E-state index is 0.0466. The van der Waals surface area contributed by atoms with E-state index in [1.54, 1.807) is 18.2 Å². The molecule has 106 valence electrons. The van der Waals surface area contributed by atoms with Crippen LogP contribution in [0.3, 0.4) is 0 Å². The van der Waals surface area contributed by atoms with E-state index in [1.165, 1.54) is 6.07 Å². The average molecular weight is 294 g/mol. The largest absolute Gasteiger partial charge is 0.486 e. The first-order valence-corrected chi connectivity index (χ1v) is 6.84. The van der Waals surface area contributed by atoms with Crippen molar-refractivity contribution in [1.29, 1.82) is 0 Å². The Morgan fingerprint density at radius 3 is 2.55 bits per heavy atom. The second-order valence-electron chi connectivity index (χ2n) is 4.82. The van der Waals surface area contributed by atoms with Crippen LogP contribution in [-0.2, 0) is 13.0 Å². The minimum Gasteiger partial charge on any atom is -0.486 e. The summed E-state index contributed by atoms with van der Waals surface area (Å²) >= 11 is 5.82. The lowest BCUT2D eigenvalue weighted by atomic mass is 10.1. The summed E-state index contributed by atoms with van der Waals surface area (Å²) in [4.78, 5) is 0. The molecular formula is C16H17ClFNO. The molecule has 2 N–H and O–H groups in total. The summed E-state index contributed by atoms with van der Waals surface area (Å²) in [6.45, 7) is 2.18. The zero-order valence-electron chi connectivity index (χ0n) is 11.3. The van der Waals surface area contributed by atoms with Gasteiger partial charge in [0.1, 0.15) is 6.61 Å². The Balaban J connectivity index is 2.13. The van der Waals surface area contributed by atoms with Crippen LogP contribution in [0.5, 0.6) is 5.75 Å². The van der Waals surface area contributed by atoms with Gasteiger partial charge >= 0.3 is 0 Å². The Hall–Kier alpha value is -1.58. The molecule has 0 fully saturated rings. The van der Waals surface area contributed by atoms with Gasteiger partial charge in [0.25, 0.3) is 0 Å². The maximum Gasteiger partial charge on any atom is 0.165 e. The number of hydrogen-bond donors (Lipinski definition) is 1. The summed E-state index contributed by atoms with van der Waals surface area (Å²) in [5, 5.41) is 0.664. The van der Waals surface area contributed by atoms with Crippen molar-refractivity contribution >= 4 is 11.6 Å². The third kappa shape index (κ3) is 3.95. The third-order valence-corrected chi connectivity index (χ3v) is 3.14. The topological polar surface area (TPSA) is 35.2 Å². The molecular weight excluding hydrogens is 277 g/mol. The second-order valence-corrected chi connectivity index (χ2v) is 5.26. The van der Waals surface area contributed by atoms with Gasteiger partial charge in [0.15, 0.2) is 11.6 Å². The van der Waals surface area contributed by atoms with Crippen molar-refractivity contribution in [3.63, 3.8) is 0 Å². The first-order chi connectivity index (χ1) is 9.56. The Morgan fingerprint density at radius 1 is 1.20 bits per heavy atom. The van der Waals surface area contributed by atoms with Crippen LogP contribution in [0.1, 0.15) is 18.1 Å². The van der Waals surface area contributed by atoms with Crippen LogP contribution < -0.4 is 10.5 Å². The summed E-state index contributed by atoms with van der Waals surface area (Å²) in [6.07, 6.45) is 0.577. The molecule has 4 heteroatoms. The van der Waals surface area contributed by atoms with Crippen molar-refractivity contribution in [2.45, 2.75) is 26.0 Å². The van der Waals surface area contributed by atoms with Crippen LogP contribution in [0.15, 0.2) is 42.5 Å². The highest BCUT2D eigenvalue weighted by Crippen LogP contribution is 2.25. The molecule has 0 bridgehead atoms. The van der Waals surface area contributed by atoms with Crippen LogP contribution in [0.2, 0.25) is 5.02 Å². The SMILES string of the molecule is CC(N)Cc1cccc(F)c1OCc1ccc(Cl)cc1. The van der Waals surface area contributed by atoms with Gasteiger partial charge in [-0.2, -0.15) is 0 Å². The number of rotatable bonds is 5. The van der Waals surface area contributed by atoms with Crippen LogP contribution in [0, 0.1) is 5.82 Å². The van der Waals surface area contributed by atoms with Gasteiger partial charge in [-0.1, -0.05) is 35.9 Å². The lowest BCUT2D eigenvalue weighted by Gasteiger charge is -2.14. The number of ether oxygens (including phenoxy) is 1. The third-order valence-electron chi connectivity index (χ3n) is 2.89. The summed E-state index contributed by atoms with van der Waals surface area (Å²) in [6, 6.07) is 12.1. The van der Waals surface area contributed by atoms with E-state index in [0.29, 0.717) is 18.1 Å². The van der Waals surface area contributed by atoms with Crippen molar-refractivity contribution in [2.75, 3.05) is 0 Å². The second kappa shape index (κ2) is 6.73. The van der Waals surface area contributed by atoms with E-state index in [1.807, 2.05) is 25.1 Å². The van der Waals surface area contributed by atoms with Gasteiger partial charge in [-0.05, 0) is 42.7 Å². The van der Waals surface area contributed by atoms with Gasteiger partial charge in [0.2, 0.25) is 0 Å². The molecule has 1 unspecified atom stereocenters. The van der Waals surface area contributed by atoms with E-state index in [2.05, 4.69) is 0 Å². The Morgan fingerprint density at radius 2 is 1.90 bits per heavy atom. The smallest absolute Gasteiger partial charge is 0.165 e. The Kier molecular flexibility index (Phi) is 4.99. The highest BCUT2D eigenvalue weighted by molar-refractivity contribution is 6.30. The van der Waals surface area contributed by atoms with Crippen molar-refractivity contribution in [2.24, 2.45) is 5.73 Å². The van der Waals surface area contributed by atoms with Crippen LogP contribution in [0.4, 0.5) is 4.39 Å². The molecule has 0 heterocycles. The lowest BCUT2D eigenvalue weighted by Crippen LogP contribution is -2.18. The molecule has 2 aromatic rings. The first-order valence-electron chi connectivity index (χ1n) is 6.46. The van der Waals surface area contributed by atoms with Crippen molar-refractivity contribution in [3.8, 4) is 5.75 Å². The van der Waals surface area contributed by atoms with E-state index in [0.717, 1.165) is 11.1 Å². The first kappa shape index (κ1) is 14.8. The van der Waals surface area contributed by atoms with Gasteiger partial charge in [0.05, 0.1) is 0 Å². The van der Waals surface area contributed by atoms with Crippen LogP contribution in [-0.4, -0.2) is 6.04 Å².